The maximum absolute atomic E-state index is 14.1. The SMILES string of the molecule is COc1ccc(-c2cc(C(=O)ON3C(=O)c4ccccc4C3=O)no2)c(F)c1. The smallest absolute Gasteiger partial charge is 0.385 e. The van der Waals surface area contributed by atoms with Crippen molar-refractivity contribution in [1.29, 1.82) is 0 Å². The third-order valence-electron chi connectivity index (χ3n) is 4.09. The van der Waals surface area contributed by atoms with Gasteiger partial charge in [0.2, 0.25) is 0 Å². The summed E-state index contributed by atoms with van der Waals surface area (Å²) in [6.45, 7) is 0. The molecule has 0 unspecified atom stereocenters. The molecule has 4 rings (SSSR count). The number of aromatic nitrogens is 1. The van der Waals surface area contributed by atoms with Crippen LogP contribution in [0, 0.1) is 5.82 Å². The molecule has 140 valence electrons. The molecule has 2 heterocycles. The number of benzene rings is 2. The summed E-state index contributed by atoms with van der Waals surface area (Å²) in [5, 5.41) is 3.88. The van der Waals surface area contributed by atoms with Crippen LogP contribution in [0.3, 0.4) is 0 Å². The number of carbonyl (C=O) groups excluding carboxylic acids is 3. The van der Waals surface area contributed by atoms with Crippen molar-refractivity contribution < 1.29 is 32.9 Å². The van der Waals surface area contributed by atoms with Gasteiger partial charge in [0.15, 0.2) is 11.5 Å². The molecule has 2 aromatic carbocycles. The molecule has 2 amide bonds. The molecule has 1 aliphatic heterocycles. The van der Waals surface area contributed by atoms with E-state index in [0.717, 1.165) is 12.1 Å². The zero-order valence-electron chi connectivity index (χ0n) is 14.3. The van der Waals surface area contributed by atoms with Gasteiger partial charge < -0.3 is 14.1 Å². The minimum absolute atomic E-state index is 0.0329. The second kappa shape index (κ2) is 6.62. The highest BCUT2D eigenvalue weighted by molar-refractivity contribution is 6.21. The number of nitrogens with zero attached hydrogens (tertiary/aromatic N) is 2. The van der Waals surface area contributed by atoms with Gasteiger partial charge >= 0.3 is 5.97 Å². The lowest BCUT2D eigenvalue weighted by molar-refractivity contribution is -0.0590. The number of hydroxylamine groups is 2. The number of halogens is 1. The third kappa shape index (κ3) is 2.78. The Labute approximate surface area is 157 Å². The summed E-state index contributed by atoms with van der Waals surface area (Å²) in [6, 6.07) is 11.3. The Kier molecular flexibility index (Phi) is 4.11. The van der Waals surface area contributed by atoms with E-state index in [0.29, 0.717) is 10.8 Å². The van der Waals surface area contributed by atoms with Crippen molar-refractivity contribution >= 4 is 17.8 Å². The first-order valence-electron chi connectivity index (χ1n) is 8.00. The first kappa shape index (κ1) is 17.4. The number of ether oxygens (including phenoxy) is 1. The Morgan fingerprint density at radius 2 is 1.71 bits per heavy atom. The van der Waals surface area contributed by atoms with Crippen LogP contribution in [0.15, 0.2) is 53.1 Å². The fourth-order valence-electron chi connectivity index (χ4n) is 2.70. The minimum Gasteiger partial charge on any atom is -0.497 e. The van der Waals surface area contributed by atoms with Gasteiger partial charge in [-0.05, 0) is 24.3 Å². The molecular weight excluding hydrogens is 371 g/mol. The first-order chi connectivity index (χ1) is 13.5. The van der Waals surface area contributed by atoms with Crippen molar-refractivity contribution in [2.45, 2.75) is 0 Å². The molecule has 0 N–H and O–H groups in total. The number of hydrogen-bond acceptors (Lipinski definition) is 7. The molecule has 0 spiro atoms. The number of rotatable bonds is 4. The number of amides is 2. The molecule has 0 fully saturated rings. The molecule has 0 saturated heterocycles. The van der Waals surface area contributed by atoms with Gasteiger partial charge in [0.05, 0.1) is 23.8 Å². The average Bonchev–Trinajstić information content (AvgIpc) is 3.28. The van der Waals surface area contributed by atoms with Gasteiger partial charge in [-0.2, -0.15) is 0 Å². The molecule has 0 atom stereocenters. The van der Waals surface area contributed by atoms with E-state index in [-0.39, 0.29) is 28.1 Å². The molecule has 0 aliphatic carbocycles. The molecule has 8 nitrogen and oxygen atoms in total. The van der Waals surface area contributed by atoms with E-state index < -0.39 is 23.6 Å². The van der Waals surface area contributed by atoms with E-state index in [1.807, 2.05) is 0 Å². The van der Waals surface area contributed by atoms with E-state index in [2.05, 4.69) is 5.16 Å². The van der Waals surface area contributed by atoms with Crippen LogP contribution < -0.4 is 4.74 Å². The second-order valence-electron chi connectivity index (χ2n) is 5.75. The van der Waals surface area contributed by atoms with Gasteiger partial charge in [-0.15, -0.1) is 0 Å². The zero-order chi connectivity index (χ0) is 19.8. The van der Waals surface area contributed by atoms with E-state index in [1.165, 1.54) is 31.4 Å². The zero-order valence-corrected chi connectivity index (χ0v) is 14.3. The van der Waals surface area contributed by atoms with Crippen molar-refractivity contribution in [3.63, 3.8) is 0 Å². The number of hydrogen-bond donors (Lipinski definition) is 0. The Bertz CT molecular complexity index is 1090. The Balaban J connectivity index is 1.55. The van der Waals surface area contributed by atoms with Crippen LogP contribution in [0.2, 0.25) is 0 Å². The highest BCUT2D eigenvalue weighted by Crippen LogP contribution is 2.28. The highest BCUT2D eigenvalue weighted by Gasteiger charge is 2.39. The lowest BCUT2D eigenvalue weighted by atomic mass is 10.1. The van der Waals surface area contributed by atoms with E-state index in [4.69, 9.17) is 14.1 Å². The van der Waals surface area contributed by atoms with Gasteiger partial charge in [0.1, 0.15) is 11.6 Å². The quantitative estimate of drug-likeness (QED) is 0.640. The topological polar surface area (TPSA) is 98.9 Å². The standard InChI is InChI=1S/C19H11FN2O6/c1-26-10-6-7-13(14(20)8-10)16-9-15(21-27-16)19(25)28-22-17(23)11-4-2-3-5-12(11)18(22)24/h2-9H,1H3. The van der Waals surface area contributed by atoms with Gasteiger partial charge in [-0.25, -0.2) is 9.18 Å². The van der Waals surface area contributed by atoms with Crippen LogP contribution in [0.1, 0.15) is 31.2 Å². The molecule has 0 bridgehead atoms. The van der Waals surface area contributed by atoms with Crippen LogP contribution in [0.5, 0.6) is 5.75 Å². The molecular formula is C19H11FN2O6. The van der Waals surface area contributed by atoms with Crippen LogP contribution in [-0.4, -0.2) is 35.1 Å². The number of imide groups is 1. The molecule has 1 aliphatic rings. The normalized spacial score (nSPS) is 12.9. The van der Waals surface area contributed by atoms with Crippen LogP contribution in [-0.2, 0) is 4.84 Å². The Morgan fingerprint density at radius 1 is 1.04 bits per heavy atom. The summed E-state index contributed by atoms with van der Waals surface area (Å²) >= 11 is 0. The summed E-state index contributed by atoms with van der Waals surface area (Å²) in [5.74, 6) is -2.99. The fourth-order valence-corrected chi connectivity index (χ4v) is 2.70. The van der Waals surface area contributed by atoms with Crippen molar-refractivity contribution in [2.24, 2.45) is 0 Å². The van der Waals surface area contributed by atoms with Gasteiger partial charge in [0.25, 0.3) is 11.8 Å². The Morgan fingerprint density at radius 3 is 2.32 bits per heavy atom. The lowest BCUT2D eigenvalue weighted by Gasteiger charge is -2.11. The summed E-state index contributed by atoms with van der Waals surface area (Å²) in [4.78, 5) is 41.6. The summed E-state index contributed by atoms with van der Waals surface area (Å²) in [7, 11) is 1.40. The molecule has 0 radical (unpaired) electrons. The van der Waals surface area contributed by atoms with Crippen molar-refractivity contribution in [1.82, 2.24) is 10.2 Å². The number of carbonyl (C=O) groups is 3. The number of fused-ring (bicyclic) bond motifs is 1. The molecule has 9 heteroatoms. The lowest BCUT2D eigenvalue weighted by Crippen LogP contribution is -2.32. The van der Waals surface area contributed by atoms with E-state index in [9.17, 15) is 18.8 Å². The average molecular weight is 382 g/mol. The maximum Gasteiger partial charge on any atom is 0.385 e. The predicted octanol–water partition coefficient (Wildman–Crippen LogP) is 2.86. The van der Waals surface area contributed by atoms with Crippen molar-refractivity contribution in [3.8, 4) is 17.1 Å². The van der Waals surface area contributed by atoms with Crippen molar-refractivity contribution in [3.05, 3.63) is 71.2 Å². The second-order valence-corrected chi connectivity index (χ2v) is 5.75. The number of methoxy groups -OCH3 is 1. The van der Waals surface area contributed by atoms with Crippen LogP contribution in [0.25, 0.3) is 11.3 Å². The van der Waals surface area contributed by atoms with E-state index in [1.54, 1.807) is 12.1 Å². The summed E-state index contributed by atoms with van der Waals surface area (Å²) < 4.78 is 24.0. The Hall–Kier alpha value is -4.01. The van der Waals surface area contributed by atoms with Gasteiger partial charge in [0, 0.05) is 12.1 Å². The third-order valence-corrected chi connectivity index (χ3v) is 4.09. The van der Waals surface area contributed by atoms with Gasteiger partial charge in [-0.3, -0.25) is 9.59 Å². The summed E-state index contributed by atoms with van der Waals surface area (Å²) in [5.41, 5.74) is -0.0299. The van der Waals surface area contributed by atoms with Gasteiger partial charge in [-0.1, -0.05) is 22.4 Å². The monoisotopic (exact) mass is 382 g/mol. The largest absolute Gasteiger partial charge is 0.497 e. The fraction of sp³-hybridized carbons (Fsp3) is 0.0526. The van der Waals surface area contributed by atoms with Crippen LogP contribution >= 0.6 is 0 Å². The maximum atomic E-state index is 14.1. The molecule has 0 saturated carbocycles. The summed E-state index contributed by atoms with van der Waals surface area (Å²) in [6.07, 6.45) is 0. The van der Waals surface area contributed by atoms with Crippen LogP contribution in [0.4, 0.5) is 4.39 Å². The highest BCUT2D eigenvalue weighted by atomic mass is 19.1. The minimum atomic E-state index is -1.10. The molecule has 28 heavy (non-hydrogen) atoms. The first-order valence-corrected chi connectivity index (χ1v) is 8.00. The van der Waals surface area contributed by atoms with Crippen molar-refractivity contribution in [2.75, 3.05) is 7.11 Å². The van der Waals surface area contributed by atoms with E-state index >= 15 is 0 Å². The molecule has 3 aromatic rings. The molecule has 1 aromatic heterocycles. The predicted molar refractivity (Wildman–Crippen MR) is 90.8 cm³/mol.